The van der Waals surface area contributed by atoms with Gasteiger partial charge < -0.3 is 9.73 Å². The first-order valence-electron chi connectivity index (χ1n) is 8.43. The van der Waals surface area contributed by atoms with Crippen molar-refractivity contribution in [3.8, 4) is 0 Å². The predicted molar refractivity (Wildman–Crippen MR) is 92.7 cm³/mol. The molecule has 0 saturated carbocycles. The molecular formula is C20H20N2O2. The van der Waals surface area contributed by atoms with Crippen LogP contribution in [0.1, 0.15) is 41.8 Å². The molecule has 1 amide bonds. The van der Waals surface area contributed by atoms with Gasteiger partial charge in [-0.3, -0.25) is 9.78 Å². The lowest BCUT2D eigenvalue weighted by Gasteiger charge is -2.13. The van der Waals surface area contributed by atoms with Crippen molar-refractivity contribution in [2.75, 3.05) is 0 Å². The molecule has 1 atom stereocenters. The summed E-state index contributed by atoms with van der Waals surface area (Å²) >= 11 is 0. The van der Waals surface area contributed by atoms with E-state index >= 15 is 0 Å². The van der Waals surface area contributed by atoms with Crippen LogP contribution in [-0.4, -0.2) is 10.9 Å². The Labute approximate surface area is 140 Å². The molecule has 0 aliphatic heterocycles. The first-order valence-corrected chi connectivity index (χ1v) is 8.43. The molecule has 4 rings (SSSR count). The van der Waals surface area contributed by atoms with Crippen LogP contribution in [0.3, 0.4) is 0 Å². The smallest absolute Gasteiger partial charge is 0.225 e. The number of amides is 1. The fourth-order valence-electron chi connectivity index (χ4n) is 3.46. The quantitative estimate of drug-likeness (QED) is 0.797. The molecule has 0 radical (unpaired) electrons. The van der Waals surface area contributed by atoms with Gasteiger partial charge in [0.15, 0.2) is 0 Å². The van der Waals surface area contributed by atoms with Crippen molar-refractivity contribution >= 4 is 16.9 Å². The van der Waals surface area contributed by atoms with Gasteiger partial charge >= 0.3 is 0 Å². The summed E-state index contributed by atoms with van der Waals surface area (Å²) in [5, 5.41) is 4.07. The third kappa shape index (κ3) is 2.80. The van der Waals surface area contributed by atoms with Gasteiger partial charge in [0, 0.05) is 17.1 Å². The number of benzene rings is 1. The molecule has 0 saturated heterocycles. The number of pyridine rings is 1. The maximum atomic E-state index is 12.4. The highest BCUT2D eigenvalue weighted by Crippen LogP contribution is 2.30. The summed E-state index contributed by atoms with van der Waals surface area (Å²) in [4.78, 5) is 16.7. The third-order valence-electron chi connectivity index (χ3n) is 4.73. The number of carbonyl (C=O) groups is 1. The van der Waals surface area contributed by atoms with Gasteiger partial charge in [0.05, 0.1) is 24.4 Å². The molecule has 122 valence electrons. The number of fused-ring (bicyclic) bond motifs is 2. The van der Waals surface area contributed by atoms with Gasteiger partial charge in [0.2, 0.25) is 5.91 Å². The molecule has 0 spiro atoms. The normalized spacial score (nSPS) is 14.5. The minimum Gasteiger partial charge on any atom is -0.464 e. The second-order valence-corrected chi connectivity index (χ2v) is 6.45. The molecule has 1 unspecified atom stereocenters. The zero-order valence-corrected chi connectivity index (χ0v) is 13.7. The van der Waals surface area contributed by atoms with Gasteiger partial charge in [-0.2, -0.15) is 0 Å². The molecule has 4 heteroatoms. The van der Waals surface area contributed by atoms with Gasteiger partial charge in [-0.05, 0) is 61.6 Å². The van der Waals surface area contributed by atoms with E-state index in [9.17, 15) is 4.79 Å². The molecule has 3 aromatic rings. The van der Waals surface area contributed by atoms with Gasteiger partial charge in [0.1, 0.15) is 5.58 Å². The Hall–Kier alpha value is -2.62. The average Bonchev–Trinajstić information content (AvgIpc) is 3.20. The van der Waals surface area contributed by atoms with E-state index in [0.29, 0.717) is 6.42 Å². The summed E-state index contributed by atoms with van der Waals surface area (Å²) in [5.41, 5.74) is 5.48. The fourth-order valence-corrected chi connectivity index (χ4v) is 3.46. The van der Waals surface area contributed by atoms with E-state index in [1.807, 2.05) is 25.1 Å². The topological polar surface area (TPSA) is 55.1 Å². The first-order chi connectivity index (χ1) is 11.7. The fraction of sp³-hybridized carbons (Fsp3) is 0.300. The molecule has 1 aliphatic rings. The van der Waals surface area contributed by atoms with Crippen LogP contribution in [-0.2, 0) is 24.1 Å². The van der Waals surface area contributed by atoms with E-state index < -0.39 is 0 Å². The van der Waals surface area contributed by atoms with E-state index in [-0.39, 0.29) is 11.9 Å². The largest absolute Gasteiger partial charge is 0.464 e. The number of hydrogen-bond acceptors (Lipinski definition) is 3. The number of aromatic nitrogens is 1. The number of nitrogens with zero attached hydrogens (tertiary/aromatic N) is 1. The van der Waals surface area contributed by atoms with Crippen LogP contribution in [0.2, 0.25) is 0 Å². The van der Waals surface area contributed by atoms with E-state index in [2.05, 4.69) is 22.4 Å². The van der Waals surface area contributed by atoms with Crippen LogP contribution in [0.5, 0.6) is 0 Å². The van der Waals surface area contributed by atoms with Crippen molar-refractivity contribution in [1.82, 2.24) is 10.3 Å². The van der Waals surface area contributed by atoms with E-state index in [4.69, 9.17) is 4.42 Å². The first kappa shape index (κ1) is 14.9. The van der Waals surface area contributed by atoms with Crippen molar-refractivity contribution < 1.29 is 9.21 Å². The highest BCUT2D eigenvalue weighted by molar-refractivity contribution is 5.88. The lowest BCUT2D eigenvalue weighted by molar-refractivity contribution is -0.121. The Balaban J connectivity index is 1.51. The second-order valence-electron chi connectivity index (χ2n) is 6.45. The molecule has 0 fully saturated rings. The Morgan fingerprint density at radius 3 is 2.92 bits per heavy atom. The summed E-state index contributed by atoms with van der Waals surface area (Å²) in [6.07, 6.45) is 7.23. The molecule has 2 heterocycles. The zero-order valence-electron chi connectivity index (χ0n) is 13.7. The molecule has 2 aromatic heterocycles. The van der Waals surface area contributed by atoms with Crippen LogP contribution in [0.15, 0.2) is 47.2 Å². The van der Waals surface area contributed by atoms with Gasteiger partial charge in [-0.1, -0.05) is 6.07 Å². The highest BCUT2D eigenvalue weighted by Gasteiger charge is 2.17. The SMILES string of the molecule is CC(NC(=O)Cc1coc2cc3c(cc12)CCC3)c1ccccn1. The maximum Gasteiger partial charge on any atom is 0.225 e. The summed E-state index contributed by atoms with van der Waals surface area (Å²) in [7, 11) is 0. The average molecular weight is 320 g/mol. The van der Waals surface area contributed by atoms with E-state index in [1.54, 1.807) is 12.5 Å². The second kappa shape index (κ2) is 6.11. The standard InChI is InChI=1S/C20H20N2O2/c1-13(18-7-2-3-8-21-18)22-20(23)11-16-12-24-19-10-15-6-4-5-14(15)9-17(16)19/h2-3,7-10,12-13H,4-6,11H2,1H3,(H,22,23). The molecule has 1 aromatic carbocycles. The lowest BCUT2D eigenvalue weighted by Crippen LogP contribution is -2.28. The van der Waals surface area contributed by atoms with Crippen LogP contribution >= 0.6 is 0 Å². The summed E-state index contributed by atoms with van der Waals surface area (Å²) < 4.78 is 5.67. The Bertz CT molecular complexity index is 883. The number of furan rings is 1. The van der Waals surface area contributed by atoms with Crippen molar-refractivity contribution in [1.29, 1.82) is 0 Å². The summed E-state index contributed by atoms with van der Waals surface area (Å²) in [5.74, 6) is -0.0173. The molecular weight excluding hydrogens is 300 g/mol. The molecule has 4 nitrogen and oxygen atoms in total. The third-order valence-corrected chi connectivity index (χ3v) is 4.73. The lowest BCUT2D eigenvalue weighted by atomic mass is 10.0. The monoisotopic (exact) mass is 320 g/mol. The van der Waals surface area contributed by atoms with Crippen LogP contribution in [0.4, 0.5) is 0 Å². The van der Waals surface area contributed by atoms with Crippen molar-refractivity contribution in [3.05, 3.63) is 65.2 Å². The Kier molecular flexibility index (Phi) is 3.81. The van der Waals surface area contributed by atoms with Crippen LogP contribution in [0.25, 0.3) is 11.0 Å². The highest BCUT2D eigenvalue weighted by atomic mass is 16.3. The summed E-state index contributed by atoms with van der Waals surface area (Å²) in [6.45, 7) is 1.95. The predicted octanol–water partition coefficient (Wildman–Crippen LogP) is 3.74. The minimum absolute atomic E-state index is 0.0173. The van der Waals surface area contributed by atoms with Crippen molar-refractivity contribution in [2.24, 2.45) is 0 Å². The number of nitrogens with one attached hydrogen (secondary N) is 1. The van der Waals surface area contributed by atoms with Crippen LogP contribution in [0, 0.1) is 0 Å². The Morgan fingerprint density at radius 2 is 2.12 bits per heavy atom. The van der Waals surface area contributed by atoms with E-state index in [1.165, 1.54) is 17.5 Å². The van der Waals surface area contributed by atoms with Gasteiger partial charge in [-0.25, -0.2) is 0 Å². The summed E-state index contributed by atoms with van der Waals surface area (Å²) in [6, 6.07) is 9.94. The van der Waals surface area contributed by atoms with E-state index in [0.717, 1.165) is 35.1 Å². The Morgan fingerprint density at radius 1 is 1.29 bits per heavy atom. The minimum atomic E-state index is -0.110. The molecule has 24 heavy (non-hydrogen) atoms. The van der Waals surface area contributed by atoms with Gasteiger partial charge in [-0.15, -0.1) is 0 Å². The van der Waals surface area contributed by atoms with Gasteiger partial charge in [0.25, 0.3) is 0 Å². The molecule has 1 N–H and O–H groups in total. The maximum absolute atomic E-state index is 12.4. The van der Waals surface area contributed by atoms with Crippen molar-refractivity contribution in [2.45, 2.75) is 38.6 Å². The number of aryl methyl sites for hydroxylation is 2. The molecule has 0 bridgehead atoms. The number of hydrogen-bond donors (Lipinski definition) is 1. The molecule has 1 aliphatic carbocycles. The van der Waals surface area contributed by atoms with Crippen LogP contribution < -0.4 is 5.32 Å². The number of carbonyl (C=O) groups excluding carboxylic acids is 1. The number of rotatable bonds is 4. The van der Waals surface area contributed by atoms with Crippen molar-refractivity contribution in [3.63, 3.8) is 0 Å². The zero-order chi connectivity index (χ0) is 16.5.